The van der Waals surface area contributed by atoms with Crippen LogP contribution in [0, 0.1) is 13.8 Å². The Labute approximate surface area is 249 Å². The van der Waals surface area contributed by atoms with Crippen LogP contribution in [0.15, 0.2) is 72.8 Å². The molecule has 0 heterocycles. The molecule has 2 amide bonds. The Morgan fingerprint density at radius 3 is 2.19 bits per heavy atom. The average molecular weight is 592 g/mol. The zero-order valence-electron chi connectivity index (χ0n) is 24.9. The van der Waals surface area contributed by atoms with Gasteiger partial charge in [0.1, 0.15) is 18.3 Å². The largest absolute Gasteiger partial charge is 0.495 e. The van der Waals surface area contributed by atoms with E-state index in [0.717, 1.165) is 58.5 Å². The summed E-state index contributed by atoms with van der Waals surface area (Å²) in [5.74, 6) is -0.374. The molecule has 8 nitrogen and oxygen atoms in total. The van der Waals surface area contributed by atoms with Gasteiger partial charge < -0.3 is 15.0 Å². The summed E-state index contributed by atoms with van der Waals surface area (Å²) in [5.41, 5.74) is 3.93. The first-order valence-electron chi connectivity index (χ1n) is 14.4. The van der Waals surface area contributed by atoms with Crippen LogP contribution in [-0.4, -0.2) is 57.1 Å². The highest BCUT2D eigenvalue weighted by Crippen LogP contribution is 2.31. The van der Waals surface area contributed by atoms with Crippen LogP contribution in [0.1, 0.15) is 47.9 Å². The number of ether oxygens (including phenoxy) is 1. The molecule has 3 aromatic carbocycles. The highest BCUT2D eigenvalue weighted by molar-refractivity contribution is 7.92. The Bertz CT molecular complexity index is 1470. The Kier molecular flexibility index (Phi) is 10.3. The summed E-state index contributed by atoms with van der Waals surface area (Å²) >= 11 is 0. The number of hydrogen-bond acceptors (Lipinski definition) is 5. The second-order valence-electron chi connectivity index (χ2n) is 11.1. The van der Waals surface area contributed by atoms with Crippen molar-refractivity contribution in [3.8, 4) is 5.75 Å². The molecular weight excluding hydrogens is 550 g/mol. The molecule has 0 unspecified atom stereocenters. The molecule has 1 N–H and O–H groups in total. The molecule has 224 valence electrons. The smallest absolute Gasteiger partial charge is 0.244 e. The number of aryl methyl sites for hydroxylation is 2. The number of anilines is 1. The number of carbonyl (C=O) groups excluding carboxylic acids is 2. The molecule has 3 aromatic rings. The maximum atomic E-state index is 14.3. The molecule has 0 bridgehead atoms. The predicted molar refractivity (Wildman–Crippen MR) is 166 cm³/mol. The summed E-state index contributed by atoms with van der Waals surface area (Å²) < 4.78 is 32.8. The summed E-state index contributed by atoms with van der Waals surface area (Å²) in [5, 5.41) is 3.19. The van der Waals surface area contributed by atoms with Crippen molar-refractivity contribution < 1.29 is 22.7 Å². The molecule has 0 aliphatic heterocycles. The highest BCUT2D eigenvalue weighted by Gasteiger charge is 2.34. The van der Waals surface area contributed by atoms with Gasteiger partial charge in [-0.25, -0.2) is 8.42 Å². The minimum atomic E-state index is -3.89. The normalized spacial score (nSPS) is 14.3. The molecule has 1 atom stereocenters. The Morgan fingerprint density at radius 1 is 0.929 bits per heavy atom. The third kappa shape index (κ3) is 8.12. The van der Waals surface area contributed by atoms with Gasteiger partial charge in [-0.2, -0.15) is 0 Å². The van der Waals surface area contributed by atoms with E-state index in [9.17, 15) is 18.0 Å². The minimum Gasteiger partial charge on any atom is -0.495 e. The van der Waals surface area contributed by atoms with Gasteiger partial charge in [0.05, 0.1) is 19.1 Å². The highest BCUT2D eigenvalue weighted by atomic mass is 32.2. The first kappa shape index (κ1) is 31.1. The van der Waals surface area contributed by atoms with Gasteiger partial charge in [-0.15, -0.1) is 0 Å². The summed E-state index contributed by atoms with van der Waals surface area (Å²) in [6.45, 7) is 3.50. The predicted octanol–water partition coefficient (Wildman–Crippen LogP) is 4.78. The fraction of sp³-hybridized carbons (Fsp3) is 0.394. The monoisotopic (exact) mass is 591 g/mol. The van der Waals surface area contributed by atoms with E-state index >= 15 is 0 Å². The maximum Gasteiger partial charge on any atom is 0.244 e. The third-order valence-corrected chi connectivity index (χ3v) is 8.85. The fourth-order valence-electron chi connectivity index (χ4n) is 5.40. The third-order valence-electron chi connectivity index (χ3n) is 7.73. The van der Waals surface area contributed by atoms with E-state index in [1.165, 1.54) is 12.0 Å². The summed E-state index contributed by atoms with van der Waals surface area (Å²) in [6.07, 6.45) is 5.30. The summed E-state index contributed by atoms with van der Waals surface area (Å²) in [6, 6.07) is 21.8. The van der Waals surface area contributed by atoms with Gasteiger partial charge in [0.15, 0.2) is 0 Å². The number of methoxy groups -OCH3 is 1. The van der Waals surface area contributed by atoms with E-state index < -0.39 is 28.5 Å². The van der Waals surface area contributed by atoms with Crippen LogP contribution in [0.25, 0.3) is 0 Å². The maximum absolute atomic E-state index is 14.3. The van der Waals surface area contributed by atoms with Crippen LogP contribution in [0.3, 0.4) is 0 Å². The van der Waals surface area contributed by atoms with E-state index in [4.69, 9.17) is 4.74 Å². The van der Waals surface area contributed by atoms with Crippen molar-refractivity contribution >= 4 is 27.5 Å². The van der Waals surface area contributed by atoms with Gasteiger partial charge in [-0.05, 0) is 55.5 Å². The molecule has 9 heteroatoms. The number of nitrogens with zero attached hydrogens (tertiary/aromatic N) is 2. The molecule has 4 rings (SSSR count). The lowest BCUT2D eigenvalue weighted by atomic mass is 10.0. The van der Waals surface area contributed by atoms with Crippen molar-refractivity contribution in [2.24, 2.45) is 0 Å². The van der Waals surface area contributed by atoms with Crippen LogP contribution in [0.2, 0.25) is 0 Å². The Morgan fingerprint density at radius 2 is 1.57 bits per heavy atom. The second-order valence-corrected chi connectivity index (χ2v) is 13.1. The minimum absolute atomic E-state index is 0.0659. The lowest BCUT2D eigenvalue weighted by Crippen LogP contribution is -2.54. The first-order valence-corrected chi connectivity index (χ1v) is 16.2. The zero-order valence-corrected chi connectivity index (χ0v) is 25.7. The van der Waals surface area contributed by atoms with E-state index in [0.29, 0.717) is 12.2 Å². The number of nitrogens with one attached hydrogen (secondary N) is 1. The number of carbonyl (C=O) groups is 2. The molecule has 0 aromatic heterocycles. The number of rotatable bonds is 12. The standard InChI is InChI=1S/C33H41N3O5S/c1-24-14-17-27(18-15-24)22-35(30(21-26-10-6-5-7-11-26)33(38)34-28-12-8-9-13-28)32(37)23-36(42(4,39)40)29-20-25(2)16-19-31(29)41-3/h5-7,10-11,14-20,28,30H,8-9,12-13,21-23H2,1-4H3,(H,34,38)/t30-/m1/s1. The van der Waals surface area contributed by atoms with Crippen LogP contribution >= 0.6 is 0 Å². The lowest BCUT2D eigenvalue weighted by Gasteiger charge is -2.34. The van der Waals surface area contributed by atoms with Gasteiger partial charge in [-0.1, -0.05) is 79.1 Å². The van der Waals surface area contributed by atoms with Crippen LogP contribution in [-0.2, 0) is 32.6 Å². The van der Waals surface area contributed by atoms with Crippen LogP contribution in [0.4, 0.5) is 5.69 Å². The van der Waals surface area contributed by atoms with Gasteiger partial charge in [-0.3, -0.25) is 13.9 Å². The molecule has 0 saturated heterocycles. The fourth-order valence-corrected chi connectivity index (χ4v) is 6.25. The molecule has 1 aliphatic carbocycles. The van der Waals surface area contributed by atoms with Crippen molar-refractivity contribution in [1.82, 2.24) is 10.2 Å². The number of amides is 2. The SMILES string of the molecule is COc1ccc(C)cc1N(CC(=O)N(Cc1ccc(C)cc1)[C@H](Cc1ccccc1)C(=O)NC1CCCC1)S(C)(=O)=O. The quantitative estimate of drug-likeness (QED) is 0.327. The van der Waals surface area contributed by atoms with Gasteiger partial charge >= 0.3 is 0 Å². The average Bonchev–Trinajstić information content (AvgIpc) is 3.47. The number of sulfonamides is 1. The number of benzene rings is 3. The van der Waals surface area contributed by atoms with E-state index in [1.54, 1.807) is 12.1 Å². The van der Waals surface area contributed by atoms with Crippen molar-refractivity contribution in [1.29, 1.82) is 0 Å². The second kappa shape index (κ2) is 13.9. The topological polar surface area (TPSA) is 96.0 Å². The molecule has 42 heavy (non-hydrogen) atoms. The van der Waals surface area contributed by atoms with Gasteiger partial charge in [0.25, 0.3) is 0 Å². The van der Waals surface area contributed by atoms with E-state index in [1.807, 2.05) is 74.5 Å². The Balaban J connectivity index is 1.75. The van der Waals surface area contributed by atoms with Crippen molar-refractivity contribution in [2.45, 2.75) is 64.6 Å². The van der Waals surface area contributed by atoms with Crippen molar-refractivity contribution in [2.75, 3.05) is 24.2 Å². The van der Waals surface area contributed by atoms with Crippen LogP contribution in [0.5, 0.6) is 5.75 Å². The van der Waals surface area contributed by atoms with Crippen molar-refractivity contribution in [3.05, 3.63) is 95.1 Å². The van der Waals surface area contributed by atoms with Gasteiger partial charge in [0, 0.05) is 19.0 Å². The van der Waals surface area contributed by atoms with Crippen molar-refractivity contribution in [3.63, 3.8) is 0 Å². The summed E-state index contributed by atoms with van der Waals surface area (Å²) in [4.78, 5) is 29.8. The first-order chi connectivity index (χ1) is 20.0. The molecule has 0 radical (unpaired) electrons. The number of hydrogen-bond donors (Lipinski definition) is 1. The molecular formula is C33H41N3O5S. The summed E-state index contributed by atoms with van der Waals surface area (Å²) in [7, 11) is -2.43. The molecule has 0 spiro atoms. The molecule has 1 aliphatic rings. The van der Waals surface area contributed by atoms with E-state index in [2.05, 4.69) is 5.32 Å². The Hall–Kier alpha value is -3.85. The van der Waals surface area contributed by atoms with Gasteiger partial charge in [0.2, 0.25) is 21.8 Å². The lowest BCUT2D eigenvalue weighted by molar-refractivity contribution is -0.140. The van der Waals surface area contributed by atoms with Crippen LogP contribution < -0.4 is 14.4 Å². The zero-order chi connectivity index (χ0) is 30.3. The van der Waals surface area contributed by atoms with E-state index in [-0.39, 0.29) is 24.2 Å². The molecule has 1 saturated carbocycles. The molecule has 1 fully saturated rings.